The Morgan fingerprint density at radius 1 is 1.03 bits per heavy atom. The van der Waals surface area contributed by atoms with Crippen molar-refractivity contribution in [3.63, 3.8) is 0 Å². The van der Waals surface area contributed by atoms with Crippen LogP contribution in [0.3, 0.4) is 0 Å². The predicted octanol–water partition coefficient (Wildman–Crippen LogP) is 6.55. The van der Waals surface area contributed by atoms with E-state index < -0.39 is 0 Å². The van der Waals surface area contributed by atoms with Crippen LogP contribution in [-0.2, 0) is 4.74 Å². The Hall–Kier alpha value is -0.150. The summed E-state index contributed by atoms with van der Waals surface area (Å²) in [6, 6.07) is 0. The lowest BCUT2D eigenvalue weighted by Crippen LogP contribution is -2.58. The fourth-order valence-electron chi connectivity index (χ4n) is 9.70. The van der Waals surface area contributed by atoms with Crippen molar-refractivity contribution in [2.24, 2.45) is 46.3 Å². The molecule has 0 aromatic rings. The number of ether oxygens (including phenoxy) is 1. The van der Waals surface area contributed by atoms with Gasteiger partial charge in [-0.1, -0.05) is 40.5 Å². The van der Waals surface area contributed by atoms with E-state index in [9.17, 15) is 9.50 Å². The summed E-state index contributed by atoms with van der Waals surface area (Å²) in [6.07, 6.45) is 13.6. The van der Waals surface area contributed by atoms with Gasteiger partial charge in [0.25, 0.3) is 0 Å². The molecule has 1 N–H and O–H groups in total. The minimum absolute atomic E-state index is 0.0119. The molecule has 0 aromatic heterocycles. The molecule has 0 bridgehead atoms. The second kappa shape index (κ2) is 7.44. The molecule has 0 radical (unpaired) electrons. The third-order valence-corrected chi connectivity index (χ3v) is 11.4. The zero-order chi connectivity index (χ0) is 21.3. The van der Waals surface area contributed by atoms with Crippen LogP contribution in [-0.4, -0.2) is 29.6 Å². The number of alkyl halides is 1. The molecule has 2 nitrogen and oxygen atoms in total. The van der Waals surface area contributed by atoms with Crippen LogP contribution in [0.5, 0.6) is 0 Å². The quantitative estimate of drug-likeness (QED) is 0.494. The second-order valence-electron chi connectivity index (χ2n) is 12.8. The van der Waals surface area contributed by atoms with Crippen molar-refractivity contribution < 1.29 is 14.2 Å². The van der Waals surface area contributed by atoms with Gasteiger partial charge in [0, 0.05) is 11.8 Å². The molecule has 0 amide bonds. The molecule has 1 spiro atoms. The van der Waals surface area contributed by atoms with Gasteiger partial charge < -0.3 is 9.84 Å². The standard InChI is InChI=1S/C27H45FO2/c1-17(16-28)6-5-7-18(2)21-8-9-22-20-14-24-27(30-24)15-19(29)10-13-26(27,4)23(20)11-12-25(21,22)3/h17-24,29H,5-16H2,1-4H3/t17?,18?,19-,20?,21+,22?,23?,24+,25+,26+,27+/m0/s1. The van der Waals surface area contributed by atoms with Crippen LogP contribution in [0.2, 0.25) is 0 Å². The zero-order valence-electron chi connectivity index (χ0n) is 19.8. The first kappa shape index (κ1) is 21.7. The molecule has 1 aliphatic heterocycles. The van der Waals surface area contributed by atoms with Gasteiger partial charge >= 0.3 is 0 Å². The first-order valence-electron chi connectivity index (χ1n) is 13.2. The Bertz CT molecular complexity index is 653. The molecule has 4 aliphatic carbocycles. The van der Waals surface area contributed by atoms with Crippen LogP contribution in [0.25, 0.3) is 0 Å². The van der Waals surface area contributed by atoms with E-state index in [-0.39, 0.29) is 29.7 Å². The van der Waals surface area contributed by atoms with E-state index in [1.54, 1.807) is 0 Å². The molecule has 4 saturated carbocycles. The number of fused-ring (bicyclic) bond motifs is 4. The third-order valence-electron chi connectivity index (χ3n) is 11.4. The number of aliphatic hydroxyl groups excluding tert-OH is 1. The average Bonchev–Trinajstić information content (AvgIpc) is 3.28. The maximum Gasteiger partial charge on any atom is 0.103 e. The molecule has 0 aromatic carbocycles. The van der Waals surface area contributed by atoms with Gasteiger partial charge in [0.15, 0.2) is 0 Å². The van der Waals surface area contributed by atoms with E-state index in [0.717, 1.165) is 55.3 Å². The zero-order valence-corrected chi connectivity index (χ0v) is 19.8. The van der Waals surface area contributed by atoms with E-state index in [1.165, 1.54) is 44.9 Å². The Kier molecular flexibility index (Phi) is 5.38. The molecular formula is C27H45FO2. The van der Waals surface area contributed by atoms with Crippen molar-refractivity contribution in [1.82, 2.24) is 0 Å². The van der Waals surface area contributed by atoms with Gasteiger partial charge in [-0.25, -0.2) is 0 Å². The first-order chi connectivity index (χ1) is 14.2. The summed E-state index contributed by atoms with van der Waals surface area (Å²) in [5.41, 5.74) is 0.789. The smallest absolute Gasteiger partial charge is 0.103 e. The van der Waals surface area contributed by atoms with Crippen molar-refractivity contribution in [2.45, 2.75) is 116 Å². The highest BCUT2D eigenvalue weighted by Crippen LogP contribution is 2.74. The Balaban J connectivity index is 1.30. The number of aliphatic hydroxyl groups is 1. The van der Waals surface area contributed by atoms with E-state index in [4.69, 9.17) is 4.74 Å². The van der Waals surface area contributed by atoms with Gasteiger partial charge in [0.2, 0.25) is 0 Å². The van der Waals surface area contributed by atoms with Gasteiger partial charge in [-0.05, 0) is 92.3 Å². The lowest BCUT2D eigenvalue weighted by atomic mass is 9.44. The summed E-state index contributed by atoms with van der Waals surface area (Å²) < 4.78 is 19.3. The lowest BCUT2D eigenvalue weighted by molar-refractivity contribution is -0.116. The van der Waals surface area contributed by atoms with Gasteiger partial charge in [-0.3, -0.25) is 4.39 Å². The summed E-state index contributed by atoms with van der Waals surface area (Å²) >= 11 is 0. The summed E-state index contributed by atoms with van der Waals surface area (Å²) in [7, 11) is 0. The van der Waals surface area contributed by atoms with Crippen LogP contribution in [0.15, 0.2) is 0 Å². The Morgan fingerprint density at radius 3 is 2.60 bits per heavy atom. The normalized spacial score (nSPS) is 53.8. The monoisotopic (exact) mass is 420 g/mol. The third kappa shape index (κ3) is 3.00. The summed E-state index contributed by atoms with van der Waals surface area (Å²) in [4.78, 5) is 0. The molecule has 1 heterocycles. The fourth-order valence-corrected chi connectivity index (χ4v) is 9.70. The highest BCUT2D eigenvalue weighted by atomic mass is 19.1. The van der Waals surface area contributed by atoms with Gasteiger partial charge in [0.05, 0.1) is 18.9 Å². The van der Waals surface area contributed by atoms with Crippen molar-refractivity contribution in [1.29, 1.82) is 0 Å². The van der Waals surface area contributed by atoms with Crippen LogP contribution >= 0.6 is 0 Å². The molecule has 5 aliphatic rings. The number of hydrogen-bond donors (Lipinski definition) is 1. The summed E-state index contributed by atoms with van der Waals surface area (Å²) in [6.45, 7) is 9.53. The molecule has 5 fully saturated rings. The SMILES string of the molecule is CC(CF)CCCC(C)[C@H]1CCC2C3C[C@H]4O[C@]45C[C@@H](O)CC[C@]5(C)C3CC[C@@]21C. The Labute approximate surface area is 183 Å². The number of epoxide rings is 1. The largest absolute Gasteiger partial charge is 0.393 e. The number of rotatable bonds is 6. The molecule has 172 valence electrons. The van der Waals surface area contributed by atoms with E-state index in [0.29, 0.717) is 11.5 Å². The maximum atomic E-state index is 12.8. The number of halogens is 1. The first-order valence-corrected chi connectivity index (χ1v) is 13.2. The highest BCUT2D eigenvalue weighted by molar-refractivity contribution is 5.24. The summed E-state index contributed by atoms with van der Waals surface area (Å²) in [5.74, 6) is 4.32. The lowest BCUT2D eigenvalue weighted by Gasteiger charge is -2.59. The van der Waals surface area contributed by atoms with Gasteiger partial charge in [-0.2, -0.15) is 0 Å². The predicted molar refractivity (Wildman–Crippen MR) is 119 cm³/mol. The van der Waals surface area contributed by atoms with Crippen molar-refractivity contribution in [2.75, 3.05) is 6.67 Å². The van der Waals surface area contributed by atoms with Gasteiger partial charge in [0.1, 0.15) is 5.60 Å². The fraction of sp³-hybridized carbons (Fsp3) is 1.00. The van der Waals surface area contributed by atoms with Crippen molar-refractivity contribution in [3.8, 4) is 0 Å². The van der Waals surface area contributed by atoms with Crippen LogP contribution in [0.1, 0.15) is 98.3 Å². The van der Waals surface area contributed by atoms with Crippen LogP contribution in [0, 0.1) is 46.3 Å². The Morgan fingerprint density at radius 2 is 1.83 bits per heavy atom. The molecule has 30 heavy (non-hydrogen) atoms. The van der Waals surface area contributed by atoms with Gasteiger partial charge in [-0.15, -0.1) is 0 Å². The summed E-state index contributed by atoms with van der Waals surface area (Å²) in [5, 5.41) is 10.4. The van der Waals surface area contributed by atoms with Crippen LogP contribution in [0.4, 0.5) is 4.39 Å². The van der Waals surface area contributed by atoms with Crippen LogP contribution < -0.4 is 0 Å². The van der Waals surface area contributed by atoms with E-state index in [1.807, 2.05) is 6.92 Å². The molecular weight excluding hydrogens is 375 g/mol. The average molecular weight is 421 g/mol. The minimum atomic E-state index is -0.165. The molecule has 3 heteroatoms. The molecule has 11 atom stereocenters. The molecule has 5 rings (SSSR count). The topological polar surface area (TPSA) is 32.8 Å². The second-order valence-corrected chi connectivity index (χ2v) is 12.8. The van der Waals surface area contributed by atoms with Crippen molar-refractivity contribution >= 4 is 0 Å². The molecule has 1 saturated heterocycles. The van der Waals surface area contributed by atoms with Crippen molar-refractivity contribution in [3.05, 3.63) is 0 Å². The number of hydrogen-bond acceptors (Lipinski definition) is 2. The maximum absolute atomic E-state index is 12.8. The molecule has 5 unspecified atom stereocenters. The minimum Gasteiger partial charge on any atom is -0.393 e. The van der Waals surface area contributed by atoms with E-state index >= 15 is 0 Å². The highest BCUT2D eigenvalue weighted by Gasteiger charge is 2.76. The van der Waals surface area contributed by atoms with E-state index in [2.05, 4.69) is 20.8 Å².